The number of hydrogen-bond acceptors (Lipinski definition) is 4. The van der Waals surface area contributed by atoms with Crippen LogP contribution >= 0.6 is 0 Å². The number of piperidine rings is 1. The first-order valence-electron chi connectivity index (χ1n) is 12.5. The van der Waals surface area contributed by atoms with Crippen LogP contribution in [0.4, 0.5) is 11.4 Å². The van der Waals surface area contributed by atoms with Gasteiger partial charge >= 0.3 is 0 Å². The number of aromatic nitrogens is 1. The fraction of sp³-hybridized carbons (Fsp3) is 0.345. The second-order valence-electron chi connectivity index (χ2n) is 9.19. The standard InChI is InChI=1S/C29H34N4O2/c1-2-7-28(34)32-25-11-12-27(26(19-25)29(35)31-21-24-10-6-15-30-20-24)33-16-13-23(14-17-33)18-22-8-4-3-5-9-22/h3-6,8-12,15,19-20,23H,2,7,13-14,16-18,21H2,1H3,(H,31,35)(H,32,34). The molecule has 0 spiro atoms. The highest BCUT2D eigenvalue weighted by Crippen LogP contribution is 2.30. The molecule has 0 unspecified atom stereocenters. The van der Waals surface area contributed by atoms with E-state index in [2.05, 4.69) is 50.8 Å². The third kappa shape index (κ3) is 6.92. The second kappa shape index (κ2) is 12.2. The summed E-state index contributed by atoms with van der Waals surface area (Å²) in [5.41, 5.74) is 4.48. The lowest BCUT2D eigenvalue weighted by molar-refractivity contribution is -0.116. The molecule has 182 valence electrons. The molecule has 3 aromatic rings. The Hall–Kier alpha value is -3.67. The van der Waals surface area contributed by atoms with Crippen LogP contribution in [-0.4, -0.2) is 29.9 Å². The molecular weight excluding hydrogens is 436 g/mol. The smallest absolute Gasteiger partial charge is 0.253 e. The van der Waals surface area contributed by atoms with Gasteiger partial charge in [0.15, 0.2) is 0 Å². The largest absolute Gasteiger partial charge is 0.371 e. The predicted molar refractivity (Wildman–Crippen MR) is 140 cm³/mol. The predicted octanol–water partition coefficient (Wildman–Crippen LogP) is 5.21. The summed E-state index contributed by atoms with van der Waals surface area (Å²) in [7, 11) is 0. The summed E-state index contributed by atoms with van der Waals surface area (Å²) in [5.74, 6) is 0.453. The molecule has 0 atom stereocenters. The summed E-state index contributed by atoms with van der Waals surface area (Å²) >= 11 is 0. The SMILES string of the molecule is CCCC(=O)Nc1ccc(N2CCC(Cc3ccccc3)CC2)c(C(=O)NCc2cccnc2)c1. The Morgan fingerprint density at radius 1 is 1.00 bits per heavy atom. The van der Waals surface area contributed by atoms with Crippen molar-refractivity contribution in [2.24, 2.45) is 5.92 Å². The fourth-order valence-corrected chi connectivity index (χ4v) is 4.63. The quantitative estimate of drug-likeness (QED) is 0.450. The number of hydrogen-bond donors (Lipinski definition) is 2. The van der Waals surface area contributed by atoms with Gasteiger partial charge in [-0.25, -0.2) is 0 Å². The van der Waals surface area contributed by atoms with Gasteiger partial charge in [0.1, 0.15) is 0 Å². The van der Waals surface area contributed by atoms with Crippen LogP contribution in [-0.2, 0) is 17.8 Å². The number of nitrogens with one attached hydrogen (secondary N) is 2. The molecule has 1 aromatic heterocycles. The Bertz CT molecular complexity index is 1110. The molecule has 2 heterocycles. The monoisotopic (exact) mass is 470 g/mol. The van der Waals surface area contributed by atoms with E-state index in [1.807, 2.05) is 31.2 Å². The lowest BCUT2D eigenvalue weighted by Gasteiger charge is -2.35. The normalized spacial score (nSPS) is 13.9. The third-order valence-corrected chi connectivity index (χ3v) is 6.50. The highest BCUT2D eigenvalue weighted by atomic mass is 16.2. The van der Waals surface area contributed by atoms with Crippen LogP contribution in [0.25, 0.3) is 0 Å². The molecule has 6 heteroatoms. The zero-order valence-electron chi connectivity index (χ0n) is 20.4. The van der Waals surface area contributed by atoms with Crippen molar-refractivity contribution < 1.29 is 9.59 Å². The van der Waals surface area contributed by atoms with Gasteiger partial charge < -0.3 is 15.5 Å². The van der Waals surface area contributed by atoms with E-state index in [9.17, 15) is 9.59 Å². The lowest BCUT2D eigenvalue weighted by Crippen LogP contribution is -2.36. The zero-order chi connectivity index (χ0) is 24.5. The molecule has 1 fully saturated rings. The number of rotatable bonds is 9. The third-order valence-electron chi connectivity index (χ3n) is 6.50. The first-order valence-corrected chi connectivity index (χ1v) is 12.5. The van der Waals surface area contributed by atoms with E-state index >= 15 is 0 Å². The Balaban J connectivity index is 1.47. The van der Waals surface area contributed by atoms with E-state index in [1.165, 1.54) is 5.56 Å². The topological polar surface area (TPSA) is 74.3 Å². The molecule has 4 rings (SSSR count). The average Bonchev–Trinajstić information content (AvgIpc) is 2.89. The van der Waals surface area contributed by atoms with E-state index in [0.29, 0.717) is 30.1 Å². The van der Waals surface area contributed by atoms with Crippen LogP contribution < -0.4 is 15.5 Å². The van der Waals surface area contributed by atoms with E-state index in [-0.39, 0.29) is 11.8 Å². The Morgan fingerprint density at radius 2 is 1.77 bits per heavy atom. The van der Waals surface area contributed by atoms with E-state index in [0.717, 1.165) is 50.0 Å². The minimum Gasteiger partial charge on any atom is -0.371 e. The van der Waals surface area contributed by atoms with Crippen LogP contribution in [0.1, 0.15) is 54.1 Å². The lowest BCUT2D eigenvalue weighted by atomic mass is 9.89. The molecule has 1 aliphatic rings. The van der Waals surface area contributed by atoms with Gasteiger partial charge in [0.2, 0.25) is 5.91 Å². The van der Waals surface area contributed by atoms with Gasteiger partial charge in [-0.2, -0.15) is 0 Å². The van der Waals surface area contributed by atoms with Crippen LogP contribution in [0.3, 0.4) is 0 Å². The minimum atomic E-state index is -0.151. The Morgan fingerprint density at radius 3 is 2.49 bits per heavy atom. The summed E-state index contributed by atoms with van der Waals surface area (Å²) < 4.78 is 0. The van der Waals surface area contributed by atoms with Crippen molar-refractivity contribution in [2.75, 3.05) is 23.3 Å². The number of pyridine rings is 1. The molecule has 0 bridgehead atoms. The molecular formula is C29H34N4O2. The number of benzene rings is 2. The molecule has 0 saturated carbocycles. The molecule has 1 saturated heterocycles. The maximum atomic E-state index is 13.3. The van der Waals surface area contributed by atoms with Crippen molar-refractivity contribution in [2.45, 2.75) is 45.6 Å². The van der Waals surface area contributed by atoms with E-state index in [1.54, 1.807) is 18.5 Å². The van der Waals surface area contributed by atoms with E-state index in [4.69, 9.17) is 0 Å². The van der Waals surface area contributed by atoms with Gasteiger partial charge in [-0.3, -0.25) is 14.6 Å². The number of carbonyl (C=O) groups excluding carboxylic acids is 2. The first kappa shape index (κ1) is 24.5. The van der Waals surface area contributed by atoms with Gasteiger partial charge in [-0.15, -0.1) is 0 Å². The molecule has 6 nitrogen and oxygen atoms in total. The fourth-order valence-electron chi connectivity index (χ4n) is 4.63. The van der Waals surface area contributed by atoms with Gasteiger partial charge in [0.25, 0.3) is 5.91 Å². The summed E-state index contributed by atoms with van der Waals surface area (Å²) in [4.78, 5) is 31.9. The Labute approximate surface area is 207 Å². The maximum absolute atomic E-state index is 13.3. The van der Waals surface area contributed by atoms with Crippen LogP contribution in [0.2, 0.25) is 0 Å². The molecule has 2 amide bonds. The highest BCUT2D eigenvalue weighted by molar-refractivity contribution is 6.02. The number of amides is 2. The van der Waals surface area contributed by atoms with E-state index < -0.39 is 0 Å². The van der Waals surface area contributed by atoms with Crippen molar-refractivity contribution >= 4 is 23.2 Å². The summed E-state index contributed by atoms with van der Waals surface area (Å²) in [6.45, 7) is 4.18. The number of carbonyl (C=O) groups is 2. The van der Waals surface area contributed by atoms with Crippen molar-refractivity contribution in [1.29, 1.82) is 0 Å². The van der Waals surface area contributed by atoms with Gasteiger partial charge in [-0.1, -0.05) is 43.3 Å². The summed E-state index contributed by atoms with van der Waals surface area (Å²) in [6, 6.07) is 20.1. The minimum absolute atomic E-state index is 0.0382. The van der Waals surface area contributed by atoms with Crippen molar-refractivity contribution in [3.8, 4) is 0 Å². The van der Waals surface area contributed by atoms with Gasteiger partial charge in [0.05, 0.1) is 5.56 Å². The molecule has 0 radical (unpaired) electrons. The van der Waals surface area contributed by atoms with Gasteiger partial charge in [-0.05, 0) is 67.0 Å². The molecule has 35 heavy (non-hydrogen) atoms. The summed E-state index contributed by atoms with van der Waals surface area (Å²) in [6.07, 6.45) is 7.96. The average molecular weight is 471 g/mol. The number of nitrogens with zero attached hydrogens (tertiary/aromatic N) is 2. The molecule has 2 N–H and O–H groups in total. The second-order valence-corrected chi connectivity index (χ2v) is 9.19. The number of anilines is 2. The molecule has 0 aliphatic carbocycles. The van der Waals surface area contributed by atoms with Crippen molar-refractivity contribution in [1.82, 2.24) is 10.3 Å². The van der Waals surface area contributed by atoms with Crippen molar-refractivity contribution in [3.05, 3.63) is 89.7 Å². The molecule has 1 aliphatic heterocycles. The highest BCUT2D eigenvalue weighted by Gasteiger charge is 2.24. The molecule has 2 aromatic carbocycles. The van der Waals surface area contributed by atoms with Crippen LogP contribution in [0, 0.1) is 5.92 Å². The van der Waals surface area contributed by atoms with Crippen molar-refractivity contribution in [3.63, 3.8) is 0 Å². The summed E-state index contributed by atoms with van der Waals surface area (Å²) in [5, 5.41) is 5.95. The maximum Gasteiger partial charge on any atom is 0.253 e. The Kier molecular flexibility index (Phi) is 8.49. The van der Waals surface area contributed by atoms with Crippen LogP contribution in [0.5, 0.6) is 0 Å². The van der Waals surface area contributed by atoms with Gasteiger partial charge in [0, 0.05) is 49.8 Å². The first-order chi connectivity index (χ1) is 17.1. The van der Waals surface area contributed by atoms with Crippen LogP contribution in [0.15, 0.2) is 73.1 Å². The zero-order valence-corrected chi connectivity index (χ0v) is 20.4.